The maximum absolute atomic E-state index is 12.5. The van der Waals surface area contributed by atoms with Crippen molar-refractivity contribution in [3.05, 3.63) is 38.9 Å². The van der Waals surface area contributed by atoms with Crippen LogP contribution in [0.4, 0.5) is 5.69 Å². The molecule has 0 aliphatic carbocycles. The van der Waals surface area contributed by atoms with Crippen molar-refractivity contribution >= 4 is 46.4 Å². The molecule has 8 heteroatoms. The molecular formula is C14H12ClNO5S. The van der Waals surface area contributed by atoms with Gasteiger partial charge in [-0.15, -0.1) is 11.8 Å². The van der Waals surface area contributed by atoms with Gasteiger partial charge in [0.15, 0.2) is 17.3 Å². The van der Waals surface area contributed by atoms with Gasteiger partial charge in [-0.25, -0.2) is 0 Å². The Kier molecular flexibility index (Phi) is 4.39. The third-order valence-electron chi connectivity index (χ3n) is 3.44. The summed E-state index contributed by atoms with van der Waals surface area (Å²) in [6.45, 7) is 3.26. The average molecular weight is 342 g/mol. The molecule has 0 saturated carbocycles. The van der Waals surface area contributed by atoms with Gasteiger partial charge < -0.3 is 0 Å². The van der Waals surface area contributed by atoms with Crippen molar-refractivity contribution in [2.24, 2.45) is 5.92 Å². The predicted molar refractivity (Wildman–Crippen MR) is 82.5 cm³/mol. The molecule has 0 radical (unpaired) electrons. The zero-order valence-electron chi connectivity index (χ0n) is 11.8. The molecule has 1 aromatic carbocycles. The summed E-state index contributed by atoms with van der Waals surface area (Å²) < 4.78 is -0.880. The van der Waals surface area contributed by atoms with E-state index in [2.05, 4.69) is 0 Å². The van der Waals surface area contributed by atoms with Gasteiger partial charge in [0.25, 0.3) is 5.69 Å². The SMILES string of the molecule is CC1(C)SCC(=O)C(C(=O)c2ccc(Cl)cc2[N+](=O)[O-])C1=O. The Balaban J connectivity index is 2.49. The fraction of sp³-hybridized carbons (Fsp3) is 0.357. The van der Waals surface area contributed by atoms with E-state index in [9.17, 15) is 24.5 Å². The number of hydrogen-bond acceptors (Lipinski definition) is 6. The van der Waals surface area contributed by atoms with E-state index in [0.717, 1.165) is 17.8 Å². The van der Waals surface area contributed by atoms with E-state index in [0.29, 0.717) is 0 Å². The first-order valence-corrected chi connectivity index (χ1v) is 7.70. The lowest BCUT2D eigenvalue weighted by Crippen LogP contribution is -2.47. The molecule has 2 rings (SSSR count). The van der Waals surface area contributed by atoms with Crippen molar-refractivity contribution in [2.75, 3.05) is 5.75 Å². The van der Waals surface area contributed by atoms with Crippen LogP contribution in [0, 0.1) is 16.0 Å². The summed E-state index contributed by atoms with van der Waals surface area (Å²) in [5.74, 6) is -3.36. The highest BCUT2D eigenvalue weighted by atomic mass is 35.5. The van der Waals surface area contributed by atoms with Gasteiger partial charge in [-0.1, -0.05) is 11.6 Å². The maximum atomic E-state index is 12.5. The standard InChI is InChI=1S/C14H12ClNO5S/c1-14(2)13(19)11(10(17)6-22-14)12(18)8-4-3-7(15)5-9(8)16(20)21/h3-5,11H,6H2,1-2H3. The number of Topliss-reactive ketones (excluding diaryl/α,β-unsaturated/α-hetero) is 3. The Bertz CT molecular complexity index is 700. The first-order valence-electron chi connectivity index (χ1n) is 6.34. The van der Waals surface area contributed by atoms with Crippen LogP contribution in [0.15, 0.2) is 18.2 Å². The summed E-state index contributed by atoms with van der Waals surface area (Å²) in [4.78, 5) is 47.2. The Morgan fingerprint density at radius 3 is 2.64 bits per heavy atom. The van der Waals surface area contributed by atoms with E-state index in [1.54, 1.807) is 13.8 Å². The monoisotopic (exact) mass is 341 g/mol. The Hall–Kier alpha value is -1.73. The molecule has 1 heterocycles. The number of carbonyl (C=O) groups excluding carboxylic acids is 3. The zero-order chi connectivity index (χ0) is 16.7. The highest BCUT2D eigenvalue weighted by Gasteiger charge is 2.47. The second-order valence-electron chi connectivity index (χ2n) is 5.35. The molecule has 1 unspecified atom stereocenters. The molecule has 1 atom stereocenters. The van der Waals surface area contributed by atoms with Crippen LogP contribution in [0.5, 0.6) is 0 Å². The van der Waals surface area contributed by atoms with Crippen LogP contribution in [-0.2, 0) is 9.59 Å². The molecule has 22 heavy (non-hydrogen) atoms. The molecule has 0 aromatic heterocycles. The summed E-state index contributed by atoms with van der Waals surface area (Å²) in [5, 5.41) is 11.2. The second kappa shape index (κ2) is 5.81. The summed E-state index contributed by atoms with van der Waals surface area (Å²) >= 11 is 6.86. The largest absolute Gasteiger partial charge is 0.297 e. The lowest BCUT2D eigenvalue weighted by atomic mass is 9.84. The van der Waals surface area contributed by atoms with Gasteiger partial charge >= 0.3 is 0 Å². The first kappa shape index (κ1) is 16.6. The Morgan fingerprint density at radius 1 is 1.41 bits per heavy atom. The minimum absolute atomic E-state index is 0.0243. The van der Waals surface area contributed by atoms with Crippen molar-refractivity contribution in [3.8, 4) is 0 Å². The molecule has 0 amide bonds. The maximum Gasteiger partial charge on any atom is 0.281 e. The van der Waals surface area contributed by atoms with E-state index < -0.39 is 38.6 Å². The molecule has 1 aromatic rings. The highest BCUT2D eigenvalue weighted by Crippen LogP contribution is 2.36. The molecule has 1 aliphatic rings. The zero-order valence-corrected chi connectivity index (χ0v) is 13.4. The van der Waals surface area contributed by atoms with Gasteiger partial charge in [-0.05, 0) is 26.0 Å². The fourth-order valence-corrected chi connectivity index (χ4v) is 3.28. The predicted octanol–water partition coefficient (Wildman–Crippen LogP) is 2.71. The smallest absolute Gasteiger partial charge is 0.281 e. The number of nitro benzene ring substituents is 1. The number of hydrogen-bond donors (Lipinski definition) is 0. The van der Waals surface area contributed by atoms with E-state index in [1.807, 2.05) is 0 Å². The van der Waals surface area contributed by atoms with Crippen molar-refractivity contribution in [2.45, 2.75) is 18.6 Å². The van der Waals surface area contributed by atoms with Crippen LogP contribution in [-0.4, -0.2) is 32.8 Å². The molecule has 0 bridgehead atoms. The van der Waals surface area contributed by atoms with Gasteiger partial charge in [0.05, 0.1) is 21.0 Å². The van der Waals surface area contributed by atoms with E-state index in [1.165, 1.54) is 12.1 Å². The highest BCUT2D eigenvalue weighted by molar-refractivity contribution is 8.02. The number of nitro groups is 1. The first-order chi connectivity index (χ1) is 10.1. The number of halogens is 1. The summed E-state index contributed by atoms with van der Waals surface area (Å²) in [7, 11) is 0. The molecular weight excluding hydrogens is 330 g/mol. The minimum atomic E-state index is -1.49. The summed E-state index contributed by atoms with van der Waals surface area (Å²) in [5.41, 5.74) is -0.780. The number of benzene rings is 1. The Morgan fingerprint density at radius 2 is 2.05 bits per heavy atom. The van der Waals surface area contributed by atoms with Crippen LogP contribution in [0.1, 0.15) is 24.2 Å². The van der Waals surface area contributed by atoms with E-state index in [4.69, 9.17) is 11.6 Å². The summed E-state index contributed by atoms with van der Waals surface area (Å²) in [6, 6.07) is 3.53. The average Bonchev–Trinajstić information content (AvgIpc) is 2.43. The third kappa shape index (κ3) is 2.91. The van der Waals surface area contributed by atoms with Crippen molar-refractivity contribution < 1.29 is 19.3 Å². The lowest BCUT2D eigenvalue weighted by Gasteiger charge is -2.31. The number of ketones is 3. The minimum Gasteiger partial charge on any atom is -0.297 e. The topological polar surface area (TPSA) is 94.3 Å². The van der Waals surface area contributed by atoms with Crippen LogP contribution < -0.4 is 0 Å². The number of carbonyl (C=O) groups is 3. The second-order valence-corrected chi connectivity index (χ2v) is 7.38. The van der Waals surface area contributed by atoms with Crippen molar-refractivity contribution in [3.63, 3.8) is 0 Å². The Labute approximate surface area is 135 Å². The van der Waals surface area contributed by atoms with Gasteiger partial charge in [0, 0.05) is 11.1 Å². The number of thioether (sulfide) groups is 1. The van der Waals surface area contributed by atoms with E-state index in [-0.39, 0.29) is 16.3 Å². The summed E-state index contributed by atoms with van der Waals surface area (Å²) in [6.07, 6.45) is 0. The molecule has 1 aliphatic heterocycles. The molecule has 1 fully saturated rings. The van der Waals surface area contributed by atoms with Gasteiger partial charge in [0.2, 0.25) is 0 Å². The van der Waals surface area contributed by atoms with Gasteiger partial charge in [-0.3, -0.25) is 24.5 Å². The number of rotatable bonds is 3. The van der Waals surface area contributed by atoms with Crippen molar-refractivity contribution in [1.29, 1.82) is 0 Å². The van der Waals surface area contributed by atoms with E-state index >= 15 is 0 Å². The van der Waals surface area contributed by atoms with Crippen LogP contribution in [0.2, 0.25) is 5.02 Å². The normalized spacial score (nSPS) is 20.8. The van der Waals surface area contributed by atoms with Crippen LogP contribution in [0.3, 0.4) is 0 Å². The molecule has 1 saturated heterocycles. The third-order valence-corrected chi connectivity index (χ3v) is 5.02. The quantitative estimate of drug-likeness (QED) is 0.363. The van der Waals surface area contributed by atoms with Crippen molar-refractivity contribution in [1.82, 2.24) is 0 Å². The molecule has 116 valence electrons. The fourth-order valence-electron chi connectivity index (χ4n) is 2.18. The van der Waals surface area contributed by atoms with Gasteiger partial charge in [-0.2, -0.15) is 0 Å². The lowest BCUT2D eigenvalue weighted by molar-refractivity contribution is -0.385. The van der Waals surface area contributed by atoms with Crippen LogP contribution >= 0.6 is 23.4 Å². The molecule has 0 N–H and O–H groups in total. The molecule has 0 spiro atoms. The van der Waals surface area contributed by atoms with Gasteiger partial charge in [0.1, 0.15) is 5.92 Å². The molecule has 6 nitrogen and oxygen atoms in total. The number of nitrogens with zero attached hydrogens (tertiary/aromatic N) is 1. The van der Waals surface area contributed by atoms with Crippen LogP contribution in [0.25, 0.3) is 0 Å².